The second-order valence-corrected chi connectivity index (χ2v) is 4.87. The molecule has 0 saturated heterocycles. The summed E-state index contributed by atoms with van der Waals surface area (Å²) >= 11 is 0. The Morgan fingerprint density at radius 3 is 2.43 bits per heavy atom. The number of aromatic nitrogens is 1. The van der Waals surface area contributed by atoms with Crippen molar-refractivity contribution in [2.24, 2.45) is 11.5 Å². The molecule has 0 spiro atoms. The highest BCUT2D eigenvalue weighted by molar-refractivity contribution is 5.95. The van der Waals surface area contributed by atoms with Gasteiger partial charge in [0.2, 0.25) is 5.88 Å². The molecule has 6 nitrogen and oxygen atoms in total. The fraction of sp³-hybridized carbons (Fsp3) is 0.538. The number of nitrogens with zero attached hydrogens (tertiary/aromatic N) is 1. The van der Waals surface area contributed by atoms with Gasteiger partial charge in [-0.2, -0.15) is 4.98 Å². The SMILES string of the molecule is COc1nc(NC2CCC(N)CC2)ccc1C(N)=O.Cl.Cl. The van der Waals surface area contributed by atoms with Crippen LogP contribution in [-0.4, -0.2) is 30.1 Å². The first-order valence-corrected chi connectivity index (χ1v) is 6.47. The minimum atomic E-state index is -0.542. The topological polar surface area (TPSA) is 103 Å². The highest BCUT2D eigenvalue weighted by Crippen LogP contribution is 2.23. The molecule has 120 valence electrons. The van der Waals surface area contributed by atoms with Crippen molar-refractivity contribution >= 4 is 36.5 Å². The molecule has 21 heavy (non-hydrogen) atoms. The van der Waals surface area contributed by atoms with Crippen LogP contribution in [0.3, 0.4) is 0 Å². The molecule has 0 bridgehead atoms. The number of hydrogen-bond acceptors (Lipinski definition) is 5. The summed E-state index contributed by atoms with van der Waals surface area (Å²) in [7, 11) is 1.47. The third-order valence-electron chi connectivity index (χ3n) is 3.44. The molecule has 0 aliphatic heterocycles. The molecule has 1 aliphatic rings. The molecule has 1 aliphatic carbocycles. The van der Waals surface area contributed by atoms with E-state index < -0.39 is 5.91 Å². The summed E-state index contributed by atoms with van der Waals surface area (Å²) in [5.74, 6) is 0.409. The van der Waals surface area contributed by atoms with Crippen molar-refractivity contribution in [3.63, 3.8) is 0 Å². The van der Waals surface area contributed by atoms with Crippen molar-refractivity contribution < 1.29 is 9.53 Å². The number of nitrogens with two attached hydrogens (primary N) is 2. The standard InChI is InChI=1S/C13H20N4O2.2ClH/c1-19-13-10(12(15)18)6-7-11(17-13)16-9-4-2-8(14)3-5-9;;/h6-9H,2-5,14H2,1H3,(H2,15,18)(H,16,17);2*1H. The van der Waals surface area contributed by atoms with Gasteiger partial charge in [-0.1, -0.05) is 0 Å². The van der Waals surface area contributed by atoms with Gasteiger partial charge in [0.25, 0.3) is 5.91 Å². The van der Waals surface area contributed by atoms with E-state index in [-0.39, 0.29) is 30.7 Å². The summed E-state index contributed by atoms with van der Waals surface area (Å²) in [4.78, 5) is 15.4. The van der Waals surface area contributed by atoms with Crippen LogP contribution in [-0.2, 0) is 0 Å². The highest BCUT2D eigenvalue weighted by Gasteiger charge is 2.19. The lowest BCUT2D eigenvalue weighted by atomic mass is 9.92. The first-order chi connectivity index (χ1) is 9.10. The lowest BCUT2D eigenvalue weighted by molar-refractivity contribution is 0.0996. The number of rotatable bonds is 4. The van der Waals surface area contributed by atoms with Gasteiger partial charge in [-0.3, -0.25) is 4.79 Å². The Kier molecular flexibility index (Phi) is 8.39. The van der Waals surface area contributed by atoms with Gasteiger partial charge in [-0.25, -0.2) is 0 Å². The Hall–Kier alpha value is -1.24. The van der Waals surface area contributed by atoms with E-state index in [1.54, 1.807) is 12.1 Å². The molecule has 2 rings (SSSR count). The van der Waals surface area contributed by atoms with Crippen molar-refractivity contribution in [2.45, 2.75) is 37.8 Å². The van der Waals surface area contributed by atoms with Crippen LogP contribution in [0.5, 0.6) is 5.88 Å². The molecule has 1 aromatic heterocycles. The zero-order chi connectivity index (χ0) is 13.8. The Morgan fingerprint density at radius 1 is 1.29 bits per heavy atom. The smallest absolute Gasteiger partial charge is 0.254 e. The Balaban J connectivity index is 0.00000200. The number of amides is 1. The lowest BCUT2D eigenvalue weighted by Gasteiger charge is -2.27. The van der Waals surface area contributed by atoms with Crippen LogP contribution in [0.15, 0.2) is 12.1 Å². The number of carbonyl (C=O) groups excluding carboxylic acids is 1. The highest BCUT2D eigenvalue weighted by atomic mass is 35.5. The number of primary amides is 1. The first-order valence-electron chi connectivity index (χ1n) is 6.47. The maximum Gasteiger partial charge on any atom is 0.254 e. The minimum Gasteiger partial charge on any atom is -0.480 e. The molecule has 1 fully saturated rings. The zero-order valence-electron chi connectivity index (χ0n) is 11.9. The minimum absolute atomic E-state index is 0. The molecular weight excluding hydrogens is 315 g/mol. The summed E-state index contributed by atoms with van der Waals surface area (Å²) in [5, 5.41) is 3.34. The lowest BCUT2D eigenvalue weighted by Crippen LogP contribution is -2.33. The van der Waals surface area contributed by atoms with Crippen LogP contribution in [0.4, 0.5) is 5.82 Å². The Morgan fingerprint density at radius 2 is 1.90 bits per heavy atom. The van der Waals surface area contributed by atoms with E-state index in [0.717, 1.165) is 25.7 Å². The fourth-order valence-electron chi connectivity index (χ4n) is 2.34. The van der Waals surface area contributed by atoms with Crippen molar-refractivity contribution in [1.82, 2.24) is 4.98 Å². The van der Waals surface area contributed by atoms with Crippen molar-refractivity contribution in [1.29, 1.82) is 0 Å². The summed E-state index contributed by atoms with van der Waals surface area (Å²) in [6, 6.07) is 4.07. The van der Waals surface area contributed by atoms with E-state index in [1.807, 2.05) is 0 Å². The quantitative estimate of drug-likeness (QED) is 0.776. The van der Waals surface area contributed by atoms with Crippen LogP contribution in [0.2, 0.25) is 0 Å². The number of ether oxygens (including phenoxy) is 1. The predicted molar refractivity (Wildman–Crippen MR) is 87.7 cm³/mol. The monoisotopic (exact) mass is 336 g/mol. The Bertz CT molecular complexity index is 465. The molecule has 1 heterocycles. The van der Waals surface area contributed by atoms with Crippen LogP contribution in [0, 0.1) is 0 Å². The molecule has 0 aromatic carbocycles. The normalized spacial score (nSPS) is 20.7. The van der Waals surface area contributed by atoms with Gasteiger partial charge in [-0.05, 0) is 37.8 Å². The second kappa shape index (κ2) is 8.92. The fourth-order valence-corrected chi connectivity index (χ4v) is 2.34. The number of carbonyl (C=O) groups is 1. The summed E-state index contributed by atoms with van der Waals surface area (Å²) in [6.07, 6.45) is 4.10. The third-order valence-corrected chi connectivity index (χ3v) is 3.44. The van der Waals surface area contributed by atoms with E-state index >= 15 is 0 Å². The maximum atomic E-state index is 11.2. The average Bonchev–Trinajstić information content (AvgIpc) is 2.41. The molecule has 0 unspecified atom stereocenters. The molecule has 0 atom stereocenters. The Labute approximate surface area is 136 Å². The number of nitrogens with one attached hydrogen (secondary N) is 1. The molecule has 1 amide bonds. The summed E-state index contributed by atoms with van der Waals surface area (Å²) in [5.41, 5.74) is 11.4. The molecule has 5 N–H and O–H groups in total. The molecule has 1 saturated carbocycles. The second-order valence-electron chi connectivity index (χ2n) is 4.87. The van der Waals surface area contributed by atoms with Crippen molar-refractivity contribution in [3.05, 3.63) is 17.7 Å². The van der Waals surface area contributed by atoms with E-state index in [1.165, 1.54) is 7.11 Å². The molecular formula is C13H22Cl2N4O2. The zero-order valence-corrected chi connectivity index (χ0v) is 13.5. The average molecular weight is 337 g/mol. The largest absolute Gasteiger partial charge is 0.480 e. The van der Waals surface area contributed by atoms with Gasteiger partial charge in [0, 0.05) is 12.1 Å². The van der Waals surface area contributed by atoms with Crippen LogP contribution in [0.25, 0.3) is 0 Å². The number of methoxy groups -OCH3 is 1. The van der Waals surface area contributed by atoms with Gasteiger partial charge in [-0.15, -0.1) is 24.8 Å². The van der Waals surface area contributed by atoms with Gasteiger partial charge >= 0.3 is 0 Å². The molecule has 8 heteroatoms. The number of pyridine rings is 1. The van der Waals surface area contributed by atoms with Gasteiger partial charge in [0.15, 0.2) is 0 Å². The van der Waals surface area contributed by atoms with E-state index in [0.29, 0.717) is 23.5 Å². The van der Waals surface area contributed by atoms with Gasteiger partial charge in [0.1, 0.15) is 11.4 Å². The predicted octanol–water partition coefficient (Wildman–Crippen LogP) is 1.71. The van der Waals surface area contributed by atoms with Crippen LogP contribution >= 0.6 is 24.8 Å². The van der Waals surface area contributed by atoms with Gasteiger partial charge in [0.05, 0.1) is 7.11 Å². The summed E-state index contributed by atoms with van der Waals surface area (Å²) < 4.78 is 5.08. The van der Waals surface area contributed by atoms with Gasteiger partial charge < -0.3 is 21.5 Å². The van der Waals surface area contributed by atoms with Crippen LogP contribution in [0.1, 0.15) is 36.0 Å². The maximum absolute atomic E-state index is 11.2. The number of hydrogen-bond donors (Lipinski definition) is 3. The van der Waals surface area contributed by atoms with Crippen molar-refractivity contribution in [3.8, 4) is 5.88 Å². The van der Waals surface area contributed by atoms with E-state index in [4.69, 9.17) is 16.2 Å². The van der Waals surface area contributed by atoms with Crippen LogP contribution < -0.4 is 21.5 Å². The molecule has 1 aromatic rings. The first kappa shape index (κ1) is 19.8. The summed E-state index contributed by atoms with van der Waals surface area (Å²) in [6.45, 7) is 0. The third kappa shape index (κ3) is 5.22. The van der Waals surface area contributed by atoms with E-state index in [2.05, 4.69) is 10.3 Å². The molecule has 0 radical (unpaired) electrons. The number of halogens is 2. The number of anilines is 1. The van der Waals surface area contributed by atoms with Crippen molar-refractivity contribution in [2.75, 3.05) is 12.4 Å². The van der Waals surface area contributed by atoms with E-state index in [9.17, 15) is 4.79 Å².